The van der Waals surface area contributed by atoms with Crippen LogP contribution in [0, 0.1) is 5.13 Å². The van der Waals surface area contributed by atoms with Gasteiger partial charge in [0.25, 0.3) is 0 Å². The molecule has 32 heavy (non-hydrogen) atoms. The molecule has 10 heteroatoms. The van der Waals surface area contributed by atoms with Gasteiger partial charge >= 0.3 is 0 Å². The number of nitrogens with one attached hydrogen (secondary N) is 2. The molecule has 0 spiro atoms. The van der Waals surface area contributed by atoms with Crippen LogP contribution in [-0.4, -0.2) is 42.2 Å². The maximum absolute atomic E-state index is 13.6. The van der Waals surface area contributed by atoms with Crippen molar-refractivity contribution in [2.45, 2.75) is 0 Å². The van der Waals surface area contributed by atoms with Crippen molar-refractivity contribution in [2.24, 2.45) is 0 Å². The number of ether oxygens (including phenoxy) is 1. The van der Waals surface area contributed by atoms with Gasteiger partial charge < -0.3 is 9.72 Å². The first-order chi connectivity index (χ1) is 15.7. The molecule has 0 saturated carbocycles. The Kier molecular flexibility index (Phi) is 4.18. The second-order valence-corrected chi connectivity index (χ2v) is 8.08. The molecule has 6 rings (SSSR count). The fraction of sp³-hybridized carbons (Fsp3) is 0.0455. The minimum Gasteiger partial charge on any atom is -0.495 e. The highest BCUT2D eigenvalue weighted by molar-refractivity contribution is 7.13. The van der Waals surface area contributed by atoms with Crippen molar-refractivity contribution < 1.29 is 9.13 Å². The Bertz CT molecular complexity index is 1600. The third-order valence-corrected chi connectivity index (χ3v) is 6.00. The average Bonchev–Trinajstić information content (AvgIpc) is 3.55. The number of halogens is 1. The van der Waals surface area contributed by atoms with Crippen molar-refractivity contribution in [3.05, 3.63) is 60.3 Å². The van der Waals surface area contributed by atoms with Gasteiger partial charge in [-0.05, 0) is 30.3 Å². The topological polar surface area (TPSA) is 105 Å². The number of aromatic nitrogens is 7. The van der Waals surface area contributed by atoms with Gasteiger partial charge in [-0.25, -0.2) is 4.98 Å². The number of pyridine rings is 3. The summed E-state index contributed by atoms with van der Waals surface area (Å²) in [5.41, 5.74) is 5.07. The quantitative estimate of drug-likeness (QED) is 0.404. The molecule has 0 aliphatic rings. The van der Waals surface area contributed by atoms with E-state index in [4.69, 9.17) is 9.72 Å². The summed E-state index contributed by atoms with van der Waals surface area (Å²) in [7, 11) is 1.60. The highest BCUT2D eigenvalue weighted by Crippen LogP contribution is 2.33. The van der Waals surface area contributed by atoms with Gasteiger partial charge in [0, 0.05) is 23.3 Å². The Labute approximate surface area is 184 Å². The highest BCUT2D eigenvalue weighted by atomic mass is 32.1. The Hall–Kier alpha value is -4.18. The van der Waals surface area contributed by atoms with Crippen molar-refractivity contribution in [1.82, 2.24) is 35.1 Å². The van der Waals surface area contributed by atoms with Crippen LogP contribution < -0.4 is 4.74 Å². The number of methoxy groups -OCH3 is 1. The summed E-state index contributed by atoms with van der Waals surface area (Å²) >= 11 is 1.04. The van der Waals surface area contributed by atoms with Gasteiger partial charge in [0.2, 0.25) is 0 Å². The maximum Gasteiger partial charge on any atom is 0.177 e. The summed E-state index contributed by atoms with van der Waals surface area (Å²) < 4.78 is 18.8. The molecular weight excluding hydrogens is 429 g/mol. The summed E-state index contributed by atoms with van der Waals surface area (Å²) in [5, 5.41) is 8.06. The number of imidazole rings is 1. The number of fused-ring (bicyclic) bond motifs is 2. The molecule has 0 amide bonds. The molecule has 0 aromatic carbocycles. The summed E-state index contributed by atoms with van der Waals surface area (Å²) in [5.74, 6) is 1.23. The lowest BCUT2D eigenvalue weighted by atomic mass is 10.1. The lowest BCUT2D eigenvalue weighted by Gasteiger charge is -2.03. The molecule has 0 atom stereocenters. The number of hydrogen-bond donors (Lipinski definition) is 2. The Morgan fingerprint density at radius 3 is 2.78 bits per heavy atom. The maximum atomic E-state index is 13.6. The fourth-order valence-electron chi connectivity index (χ4n) is 3.60. The van der Waals surface area contributed by atoms with Gasteiger partial charge in [0.05, 0.1) is 41.1 Å². The van der Waals surface area contributed by atoms with Gasteiger partial charge in [-0.3, -0.25) is 20.1 Å². The average molecular weight is 443 g/mol. The molecule has 6 aromatic rings. The first-order valence-electron chi connectivity index (χ1n) is 9.64. The summed E-state index contributed by atoms with van der Waals surface area (Å²) in [6.45, 7) is 0. The SMILES string of the molecule is COc1cncc(-c2cc3c(-c4nc5c(-c6ccc(F)s6)nccc5[nH]4)n[nH]c3cn2)c1. The van der Waals surface area contributed by atoms with Crippen molar-refractivity contribution >= 4 is 33.3 Å². The van der Waals surface area contributed by atoms with Crippen LogP contribution in [0.3, 0.4) is 0 Å². The van der Waals surface area contributed by atoms with E-state index in [0.29, 0.717) is 28.5 Å². The summed E-state index contributed by atoms with van der Waals surface area (Å²) in [6.07, 6.45) is 6.78. The molecule has 0 saturated heterocycles. The van der Waals surface area contributed by atoms with Gasteiger partial charge in [0.15, 0.2) is 11.0 Å². The van der Waals surface area contributed by atoms with Crippen LogP contribution in [0.1, 0.15) is 0 Å². The lowest BCUT2D eigenvalue weighted by molar-refractivity contribution is 0.413. The molecule has 0 aliphatic carbocycles. The van der Waals surface area contributed by atoms with Gasteiger partial charge in [-0.1, -0.05) is 0 Å². The normalized spacial score (nSPS) is 11.4. The number of nitrogens with zero attached hydrogens (tertiary/aromatic N) is 5. The van der Waals surface area contributed by atoms with Crippen LogP contribution in [0.2, 0.25) is 0 Å². The van der Waals surface area contributed by atoms with Crippen LogP contribution in [0.4, 0.5) is 4.39 Å². The predicted molar refractivity (Wildman–Crippen MR) is 120 cm³/mol. The Balaban J connectivity index is 1.49. The van der Waals surface area contributed by atoms with Crippen LogP contribution in [-0.2, 0) is 0 Å². The van der Waals surface area contributed by atoms with E-state index in [9.17, 15) is 4.39 Å². The third-order valence-electron chi connectivity index (χ3n) is 5.12. The van der Waals surface area contributed by atoms with Gasteiger partial charge in [0.1, 0.15) is 22.7 Å². The van der Waals surface area contributed by atoms with Gasteiger partial charge in [-0.2, -0.15) is 9.49 Å². The minimum atomic E-state index is -0.264. The van der Waals surface area contributed by atoms with Crippen molar-refractivity contribution in [1.29, 1.82) is 0 Å². The number of rotatable bonds is 4. The van der Waals surface area contributed by atoms with Crippen molar-refractivity contribution in [3.63, 3.8) is 0 Å². The first kappa shape index (κ1) is 18.6. The molecule has 0 radical (unpaired) electrons. The fourth-order valence-corrected chi connectivity index (χ4v) is 4.32. The van der Waals surface area contributed by atoms with Gasteiger partial charge in [-0.15, -0.1) is 11.3 Å². The monoisotopic (exact) mass is 443 g/mol. The molecule has 0 fully saturated rings. The van der Waals surface area contributed by atoms with E-state index < -0.39 is 0 Å². The van der Waals surface area contributed by atoms with E-state index >= 15 is 0 Å². The van der Waals surface area contributed by atoms with E-state index in [0.717, 1.165) is 43.9 Å². The number of hydrogen-bond acceptors (Lipinski definition) is 7. The molecule has 0 aliphatic heterocycles. The molecule has 6 heterocycles. The summed E-state index contributed by atoms with van der Waals surface area (Å²) in [4.78, 5) is 21.9. The summed E-state index contributed by atoms with van der Waals surface area (Å²) in [6, 6.07) is 8.78. The standard InChI is InChI=1S/C22H14FN7OS/c1-31-12-6-11(8-24-9-12)15-7-13-16(10-26-15)29-30-19(13)22-27-14-4-5-25-21(20(14)28-22)17-2-3-18(23)32-17/h2-10H,1H3,(H,27,28)(H,29,30). The smallest absolute Gasteiger partial charge is 0.177 e. The van der Waals surface area contributed by atoms with E-state index in [2.05, 4.69) is 30.1 Å². The molecule has 0 unspecified atom stereocenters. The van der Waals surface area contributed by atoms with Crippen molar-refractivity contribution in [2.75, 3.05) is 7.11 Å². The van der Waals surface area contributed by atoms with Crippen molar-refractivity contribution in [3.8, 4) is 39.1 Å². The molecular formula is C22H14FN7OS. The number of thiophene rings is 1. The Morgan fingerprint density at radius 1 is 1.00 bits per heavy atom. The van der Waals surface area contributed by atoms with E-state index in [-0.39, 0.29) is 5.13 Å². The van der Waals surface area contributed by atoms with E-state index in [1.165, 1.54) is 6.07 Å². The second-order valence-electron chi connectivity index (χ2n) is 7.05. The van der Waals surface area contributed by atoms with Crippen LogP contribution in [0.25, 0.3) is 55.3 Å². The molecule has 2 N–H and O–H groups in total. The minimum absolute atomic E-state index is 0.264. The predicted octanol–water partition coefficient (Wildman–Crippen LogP) is 4.83. The van der Waals surface area contributed by atoms with E-state index in [1.54, 1.807) is 38.0 Å². The first-order valence-corrected chi connectivity index (χ1v) is 10.5. The van der Waals surface area contributed by atoms with E-state index in [1.807, 2.05) is 18.2 Å². The molecule has 8 nitrogen and oxygen atoms in total. The number of aromatic amines is 2. The third kappa shape index (κ3) is 3.00. The zero-order valence-electron chi connectivity index (χ0n) is 16.6. The molecule has 156 valence electrons. The Morgan fingerprint density at radius 2 is 1.94 bits per heavy atom. The largest absolute Gasteiger partial charge is 0.495 e. The van der Waals surface area contributed by atoms with Crippen LogP contribution >= 0.6 is 11.3 Å². The molecule has 0 bridgehead atoms. The zero-order chi connectivity index (χ0) is 21.7. The zero-order valence-corrected chi connectivity index (χ0v) is 17.4. The second kappa shape index (κ2) is 7.20. The highest BCUT2D eigenvalue weighted by Gasteiger charge is 2.17. The number of H-pyrrole nitrogens is 2. The van der Waals surface area contributed by atoms with Crippen LogP contribution in [0.15, 0.2) is 55.1 Å². The van der Waals surface area contributed by atoms with Crippen LogP contribution in [0.5, 0.6) is 5.75 Å². The lowest BCUT2D eigenvalue weighted by Crippen LogP contribution is -1.89. The molecule has 6 aromatic heterocycles.